The van der Waals surface area contributed by atoms with Gasteiger partial charge in [-0.2, -0.15) is 0 Å². The van der Waals surface area contributed by atoms with Crippen LogP contribution in [0.5, 0.6) is 11.5 Å². The maximum atomic E-state index is 12.1. The van der Waals surface area contributed by atoms with Gasteiger partial charge >= 0.3 is 0 Å². The lowest BCUT2D eigenvalue weighted by Gasteiger charge is -2.13. The first-order valence-electron chi connectivity index (χ1n) is 6.74. The molecule has 0 radical (unpaired) electrons. The Morgan fingerprint density at radius 1 is 1.04 bits per heavy atom. The van der Waals surface area contributed by atoms with E-state index in [-0.39, 0.29) is 12.5 Å². The summed E-state index contributed by atoms with van der Waals surface area (Å²) in [5.74, 6) is 0.700. The smallest absolute Gasteiger partial charge is 0.243 e. The second-order valence-corrected chi connectivity index (χ2v) is 5.44. The molecule has 2 aromatic carbocycles. The minimum absolute atomic E-state index is 0.0917. The maximum Gasteiger partial charge on any atom is 0.243 e. The zero-order chi connectivity index (χ0) is 16.8. The summed E-state index contributed by atoms with van der Waals surface area (Å²) in [7, 11) is 3.01. The van der Waals surface area contributed by atoms with Crippen molar-refractivity contribution < 1.29 is 14.3 Å². The van der Waals surface area contributed by atoms with Crippen LogP contribution in [-0.2, 0) is 4.79 Å². The quantitative estimate of drug-likeness (QED) is 0.820. The fourth-order valence-electron chi connectivity index (χ4n) is 1.90. The lowest BCUT2D eigenvalue weighted by atomic mass is 10.2. The van der Waals surface area contributed by atoms with E-state index in [9.17, 15) is 4.79 Å². The van der Waals surface area contributed by atoms with Crippen LogP contribution in [0, 0.1) is 0 Å². The molecule has 0 atom stereocenters. The van der Waals surface area contributed by atoms with Gasteiger partial charge in [0.2, 0.25) is 5.91 Å². The zero-order valence-corrected chi connectivity index (χ0v) is 14.2. The van der Waals surface area contributed by atoms with Gasteiger partial charge in [0.05, 0.1) is 31.5 Å². The third kappa shape index (κ3) is 4.68. The van der Waals surface area contributed by atoms with Gasteiger partial charge in [0, 0.05) is 16.8 Å². The van der Waals surface area contributed by atoms with Crippen LogP contribution in [-0.4, -0.2) is 26.7 Å². The molecule has 1 amide bonds. The highest BCUT2D eigenvalue weighted by molar-refractivity contribution is 6.32. The Kier molecular flexibility index (Phi) is 5.96. The molecule has 0 saturated carbocycles. The molecule has 23 heavy (non-hydrogen) atoms. The molecule has 0 aliphatic carbocycles. The fraction of sp³-hybridized carbons (Fsp3) is 0.188. The van der Waals surface area contributed by atoms with Crippen molar-refractivity contribution in [3.63, 3.8) is 0 Å². The second-order valence-electron chi connectivity index (χ2n) is 4.60. The van der Waals surface area contributed by atoms with E-state index in [2.05, 4.69) is 10.6 Å². The maximum absolute atomic E-state index is 12.1. The molecule has 0 aliphatic heterocycles. The number of benzene rings is 2. The molecule has 0 unspecified atom stereocenters. The number of carbonyl (C=O) groups excluding carboxylic acids is 1. The average Bonchev–Trinajstić information content (AvgIpc) is 2.54. The number of hydrogen-bond acceptors (Lipinski definition) is 4. The first-order chi connectivity index (χ1) is 11.0. The van der Waals surface area contributed by atoms with Gasteiger partial charge in [0.25, 0.3) is 0 Å². The molecule has 2 N–H and O–H groups in total. The van der Waals surface area contributed by atoms with Gasteiger partial charge in [-0.15, -0.1) is 0 Å². The molecular formula is C16H16Cl2N2O3. The van der Waals surface area contributed by atoms with Crippen LogP contribution < -0.4 is 20.1 Å². The topological polar surface area (TPSA) is 59.6 Å². The number of rotatable bonds is 6. The van der Waals surface area contributed by atoms with Crippen LogP contribution >= 0.6 is 23.2 Å². The van der Waals surface area contributed by atoms with E-state index < -0.39 is 0 Å². The molecule has 0 saturated heterocycles. The van der Waals surface area contributed by atoms with Crippen molar-refractivity contribution in [3.05, 3.63) is 46.4 Å². The van der Waals surface area contributed by atoms with E-state index in [4.69, 9.17) is 32.7 Å². The summed E-state index contributed by atoms with van der Waals surface area (Å²) in [6.07, 6.45) is 0. The van der Waals surface area contributed by atoms with Crippen LogP contribution in [0.25, 0.3) is 0 Å². The van der Waals surface area contributed by atoms with E-state index in [1.807, 2.05) is 0 Å². The number of methoxy groups -OCH3 is 2. The predicted molar refractivity (Wildman–Crippen MR) is 93.1 cm³/mol. The van der Waals surface area contributed by atoms with Gasteiger partial charge in [-0.05, 0) is 30.3 Å². The van der Waals surface area contributed by atoms with Crippen molar-refractivity contribution in [1.82, 2.24) is 0 Å². The van der Waals surface area contributed by atoms with Crippen LogP contribution in [0.1, 0.15) is 0 Å². The summed E-state index contributed by atoms with van der Waals surface area (Å²) in [4.78, 5) is 12.1. The van der Waals surface area contributed by atoms with E-state index >= 15 is 0 Å². The van der Waals surface area contributed by atoms with Gasteiger partial charge < -0.3 is 20.1 Å². The monoisotopic (exact) mass is 354 g/mol. The third-order valence-electron chi connectivity index (χ3n) is 3.05. The Bertz CT molecular complexity index is 690. The molecule has 7 heteroatoms. The highest BCUT2D eigenvalue weighted by Gasteiger charge is 2.12. The number of carbonyl (C=O) groups is 1. The van der Waals surface area contributed by atoms with Crippen molar-refractivity contribution in [2.24, 2.45) is 0 Å². The summed E-state index contributed by atoms with van der Waals surface area (Å²) < 4.78 is 10.3. The molecule has 2 aromatic rings. The zero-order valence-electron chi connectivity index (χ0n) is 12.7. The first kappa shape index (κ1) is 17.2. The summed E-state index contributed by atoms with van der Waals surface area (Å²) in [5, 5.41) is 6.76. The van der Waals surface area contributed by atoms with Crippen LogP contribution in [0.2, 0.25) is 10.0 Å². The molecule has 0 spiro atoms. The predicted octanol–water partition coefficient (Wildman–Crippen LogP) is 4.06. The molecule has 0 aliphatic rings. The number of hydrogen-bond donors (Lipinski definition) is 2. The summed E-state index contributed by atoms with van der Waals surface area (Å²) >= 11 is 11.9. The summed E-state index contributed by atoms with van der Waals surface area (Å²) in [6.45, 7) is 0.0917. The lowest BCUT2D eigenvalue weighted by Crippen LogP contribution is -2.22. The van der Waals surface area contributed by atoms with Crippen molar-refractivity contribution in [2.75, 3.05) is 31.4 Å². The molecular weight excluding hydrogens is 339 g/mol. The normalized spacial score (nSPS) is 10.1. The summed E-state index contributed by atoms with van der Waals surface area (Å²) in [6, 6.07) is 10.3. The Morgan fingerprint density at radius 2 is 1.70 bits per heavy atom. The van der Waals surface area contributed by atoms with Crippen molar-refractivity contribution in [3.8, 4) is 11.5 Å². The highest BCUT2D eigenvalue weighted by atomic mass is 35.5. The first-order valence-corrected chi connectivity index (χ1v) is 7.50. The molecule has 122 valence electrons. The highest BCUT2D eigenvalue weighted by Crippen LogP contribution is 2.35. The van der Waals surface area contributed by atoms with Crippen LogP contribution in [0.4, 0.5) is 11.4 Å². The minimum Gasteiger partial charge on any atom is -0.495 e. The van der Waals surface area contributed by atoms with E-state index in [0.29, 0.717) is 27.2 Å². The van der Waals surface area contributed by atoms with E-state index in [1.165, 1.54) is 14.2 Å². The third-order valence-corrected chi connectivity index (χ3v) is 3.59. The Morgan fingerprint density at radius 3 is 2.30 bits per heavy atom. The fourth-order valence-corrected chi connectivity index (χ4v) is 2.27. The standard InChI is InChI=1S/C16H16Cl2N2O3/c1-22-14-8-15(23-2)13(7-12(14)18)20-16(21)9-19-11-5-3-10(17)4-6-11/h3-8,19H,9H2,1-2H3,(H,20,21). The van der Waals surface area contributed by atoms with Gasteiger partial charge in [0.15, 0.2) is 0 Å². The number of anilines is 2. The number of halogens is 2. The minimum atomic E-state index is -0.237. The molecule has 0 heterocycles. The summed E-state index contributed by atoms with van der Waals surface area (Å²) in [5.41, 5.74) is 1.27. The van der Waals surface area contributed by atoms with Crippen molar-refractivity contribution in [1.29, 1.82) is 0 Å². The Balaban J connectivity index is 2.02. The molecule has 2 rings (SSSR count). The van der Waals surface area contributed by atoms with Gasteiger partial charge in [-0.3, -0.25) is 4.79 Å². The lowest BCUT2D eigenvalue weighted by molar-refractivity contribution is -0.114. The van der Waals surface area contributed by atoms with Gasteiger partial charge in [-0.1, -0.05) is 23.2 Å². The molecule has 5 nitrogen and oxygen atoms in total. The number of ether oxygens (including phenoxy) is 2. The van der Waals surface area contributed by atoms with Crippen LogP contribution in [0.15, 0.2) is 36.4 Å². The second kappa shape index (κ2) is 7.94. The molecule has 0 bridgehead atoms. The Labute approximate surface area is 144 Å². The van der Waals surface area contributed by atoms with E-state index in [0.717, 1.165) is 5.69 Å². The van der Waals surface area contributed by atoms with Gasteiger partial charge in [0.1, 0.15) is 11.5 Å². The van der Waals surface area contributed by atoms with Crippen molar-refractivity contribution >= 4 is 40.5 Å². The van der Waals surface area contributed by atoms with E-state index in [1.54, 1.807) is 36.4 Å². The number of nitrogens with one attached hydrogen (secondary N) is 2. The average molecular weight is 355 g/mol. The number of amides is 1. The SMILES string of the molecule is COc1cc(OC)c(NC(=O)CNc2ccc(Cl)cc2)cc1Cl. The molecule has 0 aromatic heterocycles. The van der Waals surface area contributed by atoms with Crippen molar-refractivity contribution in [2.45, 2.75) is 0 Å². The van der Waals surface area contributed by atoms with Gasteiger partial charge in [-0.25, -0.2) is 0 Å². The molecule has 0 fully saturated rings. The largest absolute Gasteiger partial charge is 0.495 e. The van der Waals surface area contributed by atoms with Crippen LogP contribution in [0.3, 0.4) is 0 Å². The Hall–Kier alpha value is -2.11.